The summed E-state index contributed by atoms with van der Waals surface area (Å²) in [4.78, 5) is 54.1. The van der Waals surface area contributed by atoms with E-state index in [-0.39, 0.29) is 17.4 Å². The number of ketones is 1. The number of hydrogen-bond donors (Lipinski definition) is 3. The second kappa shape index (κ2) is 8.47. The minimum atomic E-state index is -0.998. The quantitative estimate of drug-likeness (QED) is 0.624. The van der Waals surface area contributed by atoms with Gasteiger partial charge >= 0.3 is 5.97 Å². The highest BCUT2D eigenvalue weighted by atomic mass is 16.4. The van der Waals surface area contributed by atoms with Crippen molar-refractivity contribution in [2.45, 2.75) is 56.8 Å². The second-order valence-electron chi connectivity index (χ2n) is 7.19. The summed E-state index contributed by atoms with van der Waals surface area (Å²) in [6, 6.07) is 2.28. The molecule has 9 nitrogen and oxygen atoms in total. The van der Waals surface area contributed by atoms with Gasteiger partial charge in [0.05, 0.1) is 18.1 Å². The SMILES string of the molecule is C[C@H](NC(=O)c1ccccn1)C(=O)C1CC[C@@H](C(=O)N2CCC[C@H]2C(=O)O)N1. The van der Waals surface area contributed by atoms with E-state index in [9.17, 15) is 24.3 Å². The Balaban J connectivity index is 1.55. The van der Waals surface area contributed by atoms with Crippen LogP contribution in [0.1, 0.15) is 43.1 Å². The lowest BCUT2D eigenvalue weighted by Crippen LogP contribution is -2.52. The first-order valence-corrected chi connectivity index (χ1v) is 9.43. The zero-order valence-electron chi connectivity index (χ0n) is 15.6. The van der Waals surface area contributed by atoms with Gasteiger partial charge in [-0.05, 0) is 44.7 Å². The Morgan fingerprint density at radius 2 is 1.96 bits per heavy atom. The van der Waals surface area contributed by atoms with E-state index >= 15 is 0 Å². The zero-order chi connectivity index (χ0) is 20.3. The average Bonchev–Trinajstić information content (AvgIpc) is 3.37. The Bertz CT molecular complexity index is 769. The molecule has 2 aliphatic rings. The number of nitrogens with zero attached hydrogens (tertiary/aromatic N) is 2. The van der Waals surface area contributed by atoms with Crippen LogP contribution in [0.2, 0.25) is 0 Å². The van der Waals surface area contributed by atoms with E-state index < -0.39 is 36.0 Å². The summed E-state index contributed by atoms with van der Waals surface area (Å²) in [6.07, 6.45) is 3.53. The molecular formula is C19H24N4O5. The van der Waals surface area contributed by atoms with Crippen molar-refractivity contribution in [3.05, 3.63) is 30.1 Å². The minimum absolute atomic E-state index is 0.212. The van der Waals surface area contributed by atoms with Crippen molar-refractivity contribution in [1.82, 2.24) is 20.5 Å². The summed E-state index contributed by atoms with van der Waals surface area (Å²) >= 11 is 0. The lowest BCUT2D eigenvalue weighted by atomic mass is 10.0. The van der Waals surface area contributed by atoms with Crippen LogP contribution in [-0.2, 0) is 14.4 Å². The maximum Gasteiger partial charge on any atom is 0.326 e. The molecule has 0 aromatic carbocycles. The summed E-state index contributed by atoms with van der Waals surface area (Å²) in [7, 11) is 0. The van der Waals surface area contributed by atoms with Gasteiger partial charge in [0.25, 0.3) is 5.91 Å². The van der Waals surface area contributed by atoms with Crippen LogP contribution in [0.3, 0.4) is 0 Å². The van der Waals surface area contributed by atoms with Gasteiger partial charge in [-0.25, -0.2) is 4.79 Å². The Labute approximate surface area is 162 Å². The zero-order valence-corrected chi connectivity index (χ0v) is 15.6. The van der Waals surface area contributed by atoms with Crippen molar-refractivity contribution in [3.63, 3.8) is 0 Å². The fourth-order valence-electron chi connectivity index (χ4n) is 3.79. The van der Waals surface area contributed by atoms with Gasteiger partial charge in [0.2, 0.25) is 5.91 Å². The van der Waals surface area contributed by atoms with Gasteiger partial charge in [-0.3, -0.25) is 24.7 Å². The van der Waals surface area contributed by atoms with Crippen LogP contribution >= 0.6 is 0 Å². The third-order valence-corrected chi connectivity index (χ3v) is 5.28. The van der Waals surface area contributed by atoms with E-state index in [0.717, 1.165) is 0 Å². The number of rotatable bonds is 6. The highest BCUT2D eigenvalue weighted by molar-refractivity contribution is 5.98. The molecule has 0 bridgehead atoms. The Hall–Kier alpha value is -2.81. The van der Waals surface area contributed by atoms with Crippen molar-refractivity contribution in [3.8, 4) is 0 Å². The van der Waals surface area contributed by atoms with Crippen molar-refractivity contribution in [2.75, 3.05) is 6.54 Å². The molecule has 1 aromatic heterocycles. The second-order valence-corrected chi connectivity index (χ2v) is 7.19. The van der Waals surface area contributed by atoms with Gasteiger partial charge < -0.3 is 15.3 Å². The van der Waals surface area contributed by atoms with Crippen LogP contribution in [0.4, 0.5) is 0 Å². The average molecular weight is 388 g/mol. The van der Waals surface area contributed by atoms with E-state index in [0.29, 0.717) is 32.2 Å². The first-order chi connectivity index (χ1) is 13.4. The molecule has 0 radical (unpaired) electrons. The largest absolute Gasteiger partial charge is 0.480 e. The summed E-state index contributed by atoms with van der Waals surface area (Å²) in [5.41, 5.74) is 0.225. The van der Waals surface area contributed by atoms with E-state index in [4.69, 9.17) is 0 Å². The van der Waals surface area contributed by atoms with Crippen LogP contribution in [0.5, 0.6) is 0 Å². The van der Waals surface area contributed by atoms with Gasteiger partial charge in [-0.1, -0.05) is 6.07 Å². The fourth-order valence-corrected chi connectivity index (χ4v) is 3.79. The lowest BCUT2D eigenvalue weighted by molar-refractivity contribution is -0.149. The van der Waals surface area contributed by atoms with Gasteiger partial charge in [-0.2, -0.15) is 0 Å². The Morgan fingerprint density at radius 3 is 2.64 bits per heavy atom. The molecule has 4 atom stereocenters. The number of Topliss-reactive ketones (excluding diaryl/α,β-unsaturated/α-hetero) is 1. The number of hydrogen-bond acceptors (Lipinski definition) is 6. The molecule has 150 valence electrons. The van der Waals surface area contributed by atoms with E-state index in [1.54, 1.807) is 25.1 Å². The van der Waals surface area contributed by atoms with Gasteiger partial charge in [0.1, 0.15) is 11.7 Å². The third-order valence-electron chi connectivity index (χ3n) is 5.28. The summed E-state index contributed by atoms with van der Waals surface area (Å²) in [5, 5.41) is 14.9. The molecule has 9 heteroatoms. The number of pyridine rings is 1. The first-order valence-electron chi connectivity index (χ1n) is 9.43. The Morgan fingerprint density at radius 1 is 1.21 bits per heavy atom. The molecule has 0 spiro atoms. The minimum Gasteiger partial charge on any atom is -0.480 e. The molecule has 2 fully saturated rings. The maximum atomic E-state index is 12.7. The molecular weight excluding hydrogens is 364 g/mol. The first kappa shape index (κ1) is 19.9. The maximum absolute atomic E-state index is 12.7. The Kier molecular flexibility index (Phi) is 6.03. The number of carbonyl (C=O) groups excluding carboxylic acids is 3. The van der Waals surface area contributed by atoms with Crippen LogP contribution in [0.15, 0.2) is 24.4 Å². The van der Waals surface area contributed by atoms with Crippen molar-refractivity contribution in [1.29, 1.82) is 0 Å². The molecule has 2 saturated heterocycles. The molecule has 3 rings (SSSR count). The van der Waals surface area contributed by atoms with Crippen LogP contribution in [0.25, 0.3) is 0 Å². The highest BCUT2D eigenvalue weighted by Crippen LogP contribution is 2.23. The number of aliphatic carboxylic acids is 1. The normalized spacial score (nSPS) is 25.3. The summed E-state index contributed by atoms with van der Waals surface area (Å²) in [6.45, 7) is 2.02. The molecule has 2 amide bonds. The van der Waals surface area contributed by atoms with Gasteiger partial charge in [-0.15, -0.1) is 0 Å². The number of carboxylic acid groups (broad SMARTS) is 1. The standard InChI is InChI=1S/C19H24N4O5/c1-11(21-17(25)13-5-2-3-9-20-13)16(24)12-7-8-14(22-12)18(26)23-10-4-6-15(23)19(27)28/h2-3,5,9,11-12,14-15,22H,4,6-8,10H2,1H3,(H,21,25)(H,27,28)/t11-,12?,14-,15-/m0/s1. The molecule has 0 aliphatic carbocycles. The predicted octanol–water partition coefficient (Wildman–Crippen LogP) is -0.0348. The number of carboxylic acids is 1. The third kappa shape index (κ3) is 4.19. The number of carbonyl (C=O) groups is 4. The van der Waals surface area contributed by atoms with E-state index in [1.165, 1.54) is 11.1 Å². The van der Waals surface area contributed by atoms with Crippen LogP contribution < -0.4 is 10.6 Å². The predicted molar refractivity (Wildman–Crippen MR) is 98.5 cm³/mol. The van der Waals surface area contributed by atoms with Crippen LogP contribution in [0, 0.1) is 0 Å². The van der Waals surface area contributed by atoms with Gasteiger partial charge in [0.15, 0.2) is 5.78 Å². The van der Waals surface area contributed by atoms with Crippen molar-refractivity contribution >= 4 is 23.6 Å². The van der Waals surface area contributed by atoms with Crippen LogP contribution in [-0.4, -0.2) is 69.3 Å². The van der Waals surface area contributed by atoms with E-state index in [1.807, 2.05) is 0 Å². The number of aromatic nitrogens is 1. The summed E-state index contributed by atoms with van der Waals surface area (Å²) < 4.78 is 0. The highest BCUT2D eigenvalue weighted by Gasteiger charge is 2.41. The number of nitrogens with one attached hydrogen (secondary N) is 2. The lowest BCUT2D eigenvalue weighted by Gasteiger charge is -2.25. The van der Waals surface area contributed by atoms with E-state index in [2.05, 4.69) is 15.6 Å². The molecule has 0 saturated carbocycles. The molecule has 2 aliphatic heterocycles. The fraction of sp³-hybridized carbons (Fsp3) is 0.526. The monoisotopic (exact) mass is 388 g/mol. The molecule has 28 heavy (non-hydrogen) atoms. The number of likely N-dealkylation sites (tertiary alicyclic amines) is 1. The molecule has 3 heterocycles. The van der Waals surface area contributed by atoms with Crippen molar-refractivity contribution in [2.24, 2.45) is 0 Å². The topological polar surface area (TPSA) is 129 Å². The van der Waals surface area contributed by atoms with Gasteiger partial charge in [0, 0.05) is 12.7 Å². The molecule has 1 unspecified atom stereocenters. The molecule has 3 N–H and O–H groups in total. The smallest absolute Gasteiger partial charge is 0.326 e. The number of amides is 2. The summed E-state index contributed by atoms with van der Waals surface area (Å²) in [5.74, 6) is -1.92. The van der Waals surface area contributed by atoms with Crippen molar-refractivity contribution < 1.29 is 24.3 Å². The molecule has 1 aromatic rings.